The van der Waals surface area contributed by atoms with Crippen LogP contribution in [0.2, 0.25) is 0 Å². The molecule has 6 heteroatoms. The lowest BCUT2D eigenvalue weighted by Gasteiger charge is -2.11. The number of amides is 1. The van der Waals surface area contributed by atoms with Gasteiger partial charge in [0.2, 0.25) is 5.91 Å². The Bertz CT molecular complexity index is 1140. The smallest absolute Gasteiger partial charge is 0.231 e. The van der Waals surface area contributed by atoms with E-state index >= 15 is 0 Å². The summed E-state index contributed by atoms with van der Waals surface area (Å²) in [4.78, 5) is 12.6. The topological polar surface area (TPSA) is 73.0 Å². The van der Waals surface area contributed by atoms with Gasteiger partial charge in [0.05, 0.1) is 17.8 Å². The van der Waals surface area contributed by atoms with E-state index in [0.717, 1.165) is 22.3 Å². The van der Waals surface area contributed by atoms with Crippen LogP contribution >= 0.6 is 0 Å². The minimum atomic E-state index is -0.167. The third-order valence-electron chi connectivity index (χ3n) is 4.46. The van der Waals surface area contributed by atoms with Gasteiger partial charge in [-0.15, -0.1) is 0 Å². The van der Waals surface area contributed by atoms with Gasteiger partial charge in [-0.25, -0.2) is 4.68 Å². The summed E-state index contributed by atoms with van der Waals surface area (Å²) in [6.07, 6.45) is 0.133. The molecule has 4 aromatic rings. The third-order valence-corrected chi connectivity index (χ3v) is 4.46. The van der Waals surface area contributed by atoms with Gasteiger partial charge >= 0.3 is 0 Å². The molecule has 0 saturated carbocycles. The van der Waals surface area contributed by atoms with Crippen LogP contribution < -0.4 is 5.32 Å². The number of hydrogen-bond donors (Lipinski definition) is 1. The summed E-state index contributed by atoms with van der Waals surface area (Å²) in [6, 6.07) is 15.5. The van der Waals surface area contributed by atoms with E-state index in [4.69, 9.17) is 4.52 Å². The van der Waals surface area contributed by atoms with Crippen LogP contribution in [-0.4, -0.2) is 20.8 Å². The summed E-state index contributed by atoms with van der Waals surface area (Å²) in [5.74, 6) is 0.470. The highest BCUT2D eigenvalue weighted by Gasteiger charge is 2.16. The average molecular weight is 360 g/mol. The summed E-state index contributed by atoms with van der Waals surface area (Å²) in [5, 5.41) is 12.4. The molecule has 0 aliphatic carbocycles. The van der Waals surface area contributed by atoms with Crippen molar-refractivity contribution in [1.29, 1.82) is 0 Å². The van der Waals surface area contributed by atoms with Crippen molar-refractivity contribution in [2.75, 3.05) is 5.32 Å². The van der Waals surface area contributed by atoms with Crippen molar-refractivity contribution in [2.45, 2.75) is 27.2 Å². The van der Waals surface area contributed by atoms with Gasteiger partial charge in [0.15, 0.2) is 5.58 Å². The molecule has 4 rings (SSSR count). The number of fused-ring (bicyclic) bond motifs is 1. The second kappa shape index (κ2) is 6.72. The number of anilines is 1. The third kappa shape index (κ3) is 3.33. The maximum atomic E-state index is 12.6. The highest BCUT2D eigenvalue weighted by molar-refractivity contribution is 5.94. The molecule has 0 unspecified atom stereocenters. The molecule has 2 aromatic carbocycles. The Kier molecular flexibility index (Phi) is 4.24. The molecule has 6 nitrogen and oxygen atoms in total. The first-order valence-electron chi connectivity index (χ1n) is 8.79. The SMILES string of the molecule is Cc1ccc(-n2nc(C)cc2NC(=O)Cc2noc3ccccc23)c(C)c1. The number of carbonyl (C=O) groups is 1. The van der Waals surface area contributed by atoms with Gasteiger partial charge in [-0.3, -0.25) is 4.79 Å². The van der Waals surface area contributed by atoms with Gasteiger partial charge in [0, 0.05) is 11.5 Å². The molecule has 0 spiro atoms. The van der Waals surface area contributed by atoms with Crippen LogP contribution in [0, 0.1) is 20.8 Å². The summed E-state index contributed by atoms with van der Waals surface area (Å²) in [5.41, 5.74) is 5.35. The Labute approximate surface area is 156 Å². The molecule has 2 heterocycles. The standard InChI is InChI=1S/C21H20N4O2/c1-13-8-9-18(14(2)10-13)25-20(11-15(3)23-25)22-21(26)12-17-16-6-4-5-7-19(16)27-24-17/h4-11H,12H2,1-3H3,(H,22,26). The molecular weight excluding hydrogens is 340 g/mol. The second-order valence-electron chi connectivity index (χ2n) is 6.72. The molecular formula is C21H20N4O2. The number of benzene rings is 2. The van der Waals surface area contributed by atoms with E-state index in [9.17, 15) is 4.79 Å². The lowest BCUT2D eigenvalue weighted by molar-refractivity contribution is -0.115. The largest absolute Gasteiger partial charge is 0.356 e. The normalized spacial score (nSPS) is 11.1. The molecule has 0 fully saturated rings. The Morgan fingerprint density at radius 2 is 1.93 bits per heavy atom. The number of nitrogens with one attached hydrogen (secondary N) is 1. The van der Waals surface area contributed by atoms with Crippen molar-refractivity contribution < 1.29 is 9.32 Å². The minimum Gasteiger partial charge on any atom is -0.356 e. The Morgan fingerprint density at radius 3 is 2.74 bits per heavy atom. The molecule has 1 N–H and O–H groups in total. The Morgan fingerprint density at radius 1 is 1.11 bits per heavy atom. The van der Waals surface area contributed by atoms with E-state index in [-0.39, 0.29) is 12.3 Å². The van der Waals surface area contributed by atoms with Crippen LogP contribution in [0.25, 0.3) is 16.7 Å². The average Bonchev–Trinajstić information content (AvgIpc) is 3.19. The number of para-hydroxylation sites is 1. The fourth-order valence-electron chi connectivity index (χ4n) is 3.22. The molecule has 136 valence electrons. The first kappa shape index (κ1) is 17.0. The van der Waals surface area contributed by atoms with Crippen LogP contribution in [-0.2, 0) is 11.2 Å². The van der Waals surface area contributed by atoms with E-state index in [1.165, 1.54) is 5.56 Å². The van der Waals surface area contributed by atoms with E-state index in [1.54, 1.807) is 4.68 Å². The highest BCUT2D eigenvalue weighted by atomic mass is 16.5. The maximum Gasteiger partial charge on any atom is 0.231 e. The first-order chi connectivity index (χ1) is 13.0. The second-order valence-corrected chi connectivity index (χ2v) is 6.72. The van der Waals surface area contributed by atoms with Gasteiger partial charge in [0.25, 0.3) is 0 Å². The molecule has 0 saturated heterocycles. The lowest BCUT2D eigenvalue weighted by Crippen LogP contribution is -2.17. The molecule has 27 heavy (non-hydrogen) atoms. The monoisotopic (exact) mass is 360 g/mol. The zero-order valence-electron chi connectivity index (χ0n) is 15.5. The van der Waals surface area contributed by atoms with Crippen LogP contribution in [0.1, 0.15) is 22.5 Å². The van der Waals surface area contributed by atoms with Gasteiger partial charge in [-0.05, 0) is 44.5 Å². The fraction of sp³-hybridized carbons (Fsp3) is 0.190. The van der Waals surface area contributed by atoms with Gasteiger partial charge in [0.1, 0.15) is 11.5 Å². The Balaban J connectivity index is 1.60. The van der Waals surface area contributed by atoms with E-state index in [2.05, 4.69) is 28.6 Å². The number of carbonyl (C=O) groups excluding carboxylic acids is 1. The van der Waals surface area contributed by atoms with Gasteiger partial charge in [-0.1, -0.05) is 35.0 Å². The number of hydrogen-bond acceptors (Lipinski definition) is 4. The summed E-state index contributed by atoms with van der Waals surface area (Å²) in [7, 11) is 0. The maximum absolute atomic E-state index is 12.6. The van der Waals surface area contributed by atoms with Gasteiger partial charge in [-0.2, -0.15) is 5.10 Å². The quantitative estimate of drug-likeness (QED) is 0.594. The lowest BCUT2D eigenvalue weighted by atomic mass is 10.1. The number of aromatic nitrogens is 3. The molecule has 0 aliphatic heterocycles. The van der Waals surface area contributed by atoms with Crippen LogP contribution in [0.15, 0.2) is 53.1 Å². The van der Waals surface area contributed by atoms with Crippen molar-refractivity contribution in [3.8, 4) is 5.69 Å². The number of nitrogens with zero attached hydrogens (tertiary/aromatic N) is 3. The van der Waals surface area contributed by atoms with Crippen LogP contribution in [0.5, 0.6) is 0 Å². The minimum absolute atomic E-state index is 0.133. The van der Waals surface area contributed by atoms with E-state index in [0.29, 0.717) is 17.1 Å². The van der Waals surface area contributed by atoms with Crippen LogP contribution in [0.4, 0.5) is 5.82 Å². The highest BCUT2D eigenvalue weighted by Crippen LogP contribution is 2.22. The van der Waals surface area contributed by atoms with E-state index < -0.39 is 0 Å². The fourth-order valence-corrected chi connectivity index (χ4v) is 3.22. The number of rotatable bonds is 4. The molecule has 0 bridgehead atoms. The first-order valence-corrected chi connectivity index (χ1v) is 8.79. The van der Waals surface area contributed by atoms with Crippen molar-refractivity contribution in [3.05, 3.63) is 71.0 Å². The molecule has 0 radical (unpaired) electrons. The zero-order chi connectivity index (χ0) is 19.0. The Hall–Kier alpha value is -3.41. The number of aryl methyl sites for hydroxylation is 3. The van der Waals surface area contributed by atoms with Crippen molar-refractivity contribution in [3.63, 3.8) is 0 Å². The molecule has 0 atom stereocenters. The van der Waals surface area contributed by atoms with Crippen molar-refractivity contribution >= 4 is 22.7 Å². The summed E-state index contributed by atoms with van der Waals surface area (Å²) >= 11 is 0. The molecule has 0 aliphatic rings. The van der Waals surface area contributed by atoms with Crippen molar-refractivity contribution in [1.82, 2.24) is 14.9 Å². The van der Waals surface area contributed by atoms with E-state index in [1.807, 2.05) is 56.3 Å². The van der Waals surface area contributed by atoms with Crippen molar-refractivity contribution in [2.24, 2.45) is 0 Å². The predicted octanol–water partition coefficient (Wildman–Crippen LogP) is 4.12. The predicted molar refractivity (Wildman–Crippen MR) is 104 cm³/mol. The van der Waals surface area contributed by atoms with Gasteiger partial charge < -0.3 is 9.84 Å². The zero-order valence-corrected chi connectivity index (χ0v) is 15.5. The summed E-state index contributed by atoms with van der Waals surface area (Å²) in [6.45, 7) is 5.99. The van der Waals surface area contributed by atoms with Crippen LogP contribution in [0.3, 0.4) is 0 Å². The molecule has 2 aromatic heterocycles. The summed E-state index contributed by atoms with van der Waals surface area (Å²) < 4.78 is 7.04. The molecule has 1 amide bonds.